The molecule has 1 saturated heterocycles. The highest BCUT2D eigenvalue weighted by Gasteiger charge is 2.28. The van der Waals surface area contributed by atoms with Crippen LogP contribution >= 0.6 is 35.1 Å². The van der Waals surface area contributed by atoms with E-state index >= 15 is 0 Å². The van der Waals surface area contributed by atoms with E-state index in [4.69, 9.17) is 11.6 Å². The summed E-state index contributed by atoms with van der Waals surface area (Å²) in [7, 11) is 0. The molecule has 0 radical (unpaired) electrons. The van der Waals surface area contributed by atoms with Gasteiger partial charge in [0.15, 0.2) is 5.16 Å². The molecule has 3 aromatic carbocycles. The number of H-pyrrole nitrogens is 1. The Hall–Kier alpha value is -3.04. The lowest BCUT2D eigenvalue weighted by Crippen LogP contribution is -2.50. The second-order valence-corrected chi connectivity index (χ2v) is 11.7. The Bertz CT molecular complexity index is 1390. The fourth-order valence-electron chi connectivity index (χ4n) is 4.65. The van der Waals surface area contributed by atoms with E-state index in [1.54, 1.807) is 11.8 Å². The largest absolute Gasteiger partial charge is 0.339 e. The van der Waals surface area contributed by atoms with Gasteiger partial charge >= 0.3 is 0 Å². The number of nitrogens with one attached hydrogen (secondary N) is 1. The zero-order valence-electron chi connectivity index (χ0n) is 21.3. The lowest BCUT2D eigenvalue weighted by molar-refractivity contribution is -0.130. The van der Waals surface area contributed by atoms with Gasteiger partial charge in [0.05, 0.1) is 17.5 Å². The normalized spacial score (nSPS) is 14.1. The third-order valence-electron chi connectivity index (χ3n) is 6.57. The van der Waals surface area contributed by atoms with Gasteiger partial charge in [0.1, 0.15) is 0 Å². The first-order valence-corrected chi connectivity index (χ1v) is 15.1. The predicted molar refractivity (Wildman–Crippen MR) is 159 cm³/mol. The van der Waals surface area contributed by atoms with Crippen molar-refractivity contribution in [2.24, 2.45) is 0 Å². The Morgan fingerprint density at radius 2 is 1.49 bits per heavy atom. The second kappa shape index (κ2) is 13.3. The quantitative estimate of drug-likeness (QED) is 0.202. The molecule has 1 aromatic heterocycles. The molecule has 1 aliphatic heterocycles. The maximum Gasteiger partial charge on any atom is 0.251 e. The van der Waals surface area contributed by atoms with Gasteiger partial charge in [0, 0.05) is 47.9 Å². The molecule has 1 aliphatic rings. The number of hydrogen-bond donors (Lipinski definition) is 1. The maximum absolute atomic E-state index is 13.0. The van der Waals surface area contributed by atoms with E-state index < -0.39 is 0 Å². The molecule has 0 spiro atoms. The van der Waals surface area contributed by atoms with Crippen LogP contribution in [0.15, 0.2) is 106 Å². The van der Waals surface area contributed by atoms with Crippen LogP contribution in [0.3, 0.4) is 0 Å². The van der Waals surface area contributed by atoms with Crippen molar-refractivity contribution in [3.05, 3.63) is 123 Å². The van der Waals surface area contributed by atoms with Gasteiger partial charge in [-0.1, -0.05) is 84.0 Å². The maximum atomic E-state index is 13.0. The third kappa shape index (κ3) is 7.54. The minimum atomic E-state index is -0.215. The number of aromatic amines is 1. The van der Waals surface area contributed by atoms with E-state index in [2.05, 4.69) is 63.4 Å². The second-order valence-electron chi connectivity index (χ2n) is 9.21. The highest BCUT2D eigenvalue weighted by atomic mass is 35.5. The summed E-state index contributed by atoms with van der Waals surface area (Å²) in [6.45, 7) is 2.91. The molecular formula is C30H29ClN4O2S2. The first-order chi connectivity index (χ1) is 19.0. The zero-order valence-corrected chi connectivity index (χ0v) is 23.7. The van der Waals surface area contributed by atoms with E-state index in [0.717, 1.165) is 18.0 Å². The molecule has 0 bridgehead atoms. The number of nitrogens with zero attached hydrogens (tertiary/aromatic N) is 3. The summed E-state index contributed by atoms with van der Waals surface area (Å²) in [6, 6.07) is 30.3. The SMILES string of the molecule is O=C(CSc1nc(CSc2ccc(Cl)cc2)cc(=O)[nH]1)N1CCN(C(c2ccccc2)c2ccccc2)CC1. The van der Waals surface area contributed by atoms with Crippen LogP contribution in [-0.2, 0) is 10.5 Å². The molecule has 0 aliphatic carbocycles. The van der Waals surface area contributed by atoms with E-state index in [9.17, 15) is 9.59 Å². The molecule has 2 heterocycles. The third-order valence-corrected chi connectivity index (χ3v) is 8.72. The molecular weight excluding hydrogens is 548 g/mol. The van der Waals surface area contributed by atoms with Crippen LogP contribution in [0.5, 0.6) is 0 Å². The van der Waals surface area contributed by atoms with Crippen molar-refractivity contribution in [3.8, 4) is 0 Å². The van der Waals surface area contributed by atoms with Crippen LogP contribution in [0.25, 0.3) is 0 Å². The van der Waals surface area contributed by atoms with Crippen molar-refractivity contribution in [1.82, 2.24) is 19.8 Å². The Labute approximate surface area is 241 Å². The van der Waals surface area contributed by atoms with Gasteiger partial charge in [0.2, 0.25) is 5.91 Å². The Kier molecular flexibility index (Phi) is 9.42. The molecule has 0 atom stereocenters. The van der Waals surface area contributed by atoms with E-state index in [1.165, 1.54) is 29.0 Å². The molecule has 4 aromatic rings. The van der Waals surface area contributed by atoms with Crippen molar-refractivity contribution in [2.75, 3.05) is 31.9 Å². The first kappa shape index (κ1) is 27.5. The number of carbonyl (C=O) groups excluding carboxylic acids is 1. The fourth-order valence-corrected chi connectivity index (χ4v) is 6.36. The highest BCUT2D eigenvalue weighted by Crippen LogP contribution is 2.30. The van der Waals surface area contributed by atoms with Crippen molar-refractivity contribution < 1.29 is 4.79 Å². The van der Waals surface area contributed by atoms with E-state index in [-0.39, 0.29) is 23.3 Å². The monoisotopic (exact) mass is 576 g/mol. The lowest BCUT2D eigenvalue weighted by atomic mass is 9.96. The molecule has 0 unspecified atom stereocenters. The Morgan fingerprint density at radius 3 is 2.10 bits per heavy atom. The summed E-state index contributed by atoms with van der Waals surface area (Å²) in [6.07, 6.45) is 0. The smallest absolute Gasteiger partial charge is 0.251 e. The van der Waals surface area contributed by atoms with Gasteiger partial charge in [-0.05, 0) is 35.4 Å². The van der Waals surface area contributed by atoms with Crippen LogP contribution < -0.4 is 5.56 Å². The summed E-state index contributed by atoms with van der Waals surface area (Å²) in [5.74, 6) is 0.843. The summed E-state index contributed by atoms with van der Waals surface area (Å²) in [4.78, 5) is 38.0. The number of aromatic nitrogens is 2. The van der Waals surface area contributed by atoms with Crippen LogP contribution in [0.4, 0.5) is 0 Å². The number of halogens is 1. The topological polar surface area (TPSA) is 69.3 Å². The number of amides is 1. The molecule has 200 valence electrons. The van der Waals surface area contributed by atoms with Crippen molar-refractivity contribution in [1.29, 1.82) is 0 Å². The van der Waals surface area contributed by atoms with Crippen molar-refractivity contribution in [3.63, 3.8) is 0 Å². The summed E-state index contributed by atoms with van der Waals surface area (Å²) < 4.78 is 0. The molecule has 0 saturated carbocycles. The van der Waals surface area contributed by atoms with Gasteiger partial charge < -0.3 is 9.88 Å². The molecule has 5 rings (SSSR count). The molecule has 1 amide bonds. The van der Waals surface area contributed by atoms with Gasteiger partial charge in [-0.25, -0.2) is 4.98 Å². The van der Waals surface area contributed by atoms with Crippen LogP contribution in [0.1, 0.15) is 22.9 Å². The summed E-state index contributed by atoms with van der Waals surface area (Å²) in [5.41, 5.74) is 2.97. The minimum Gasteiger partial charge on any atom is -0.339 e. The van der Waals surface area contributed by atoms with E-state index in [1.807, 2.05) is 41.3 Å². The highest BCUT2D eigenvalue weighted by molar-refractivity contribution is 7.99. The standard InChI is InChI=1S/C30H29ClN4O2S2/c31-24-11-13-26(14-12-24)38-20-25-19-27(36)33-30(32-25)39-21-28(37)34-15-17-35(18-16-34)29(22-7-3-1-4-8-22)23-9-5-2-6-10-23/h1-14,19,29H,15-18,20-21H2,(H,32,33,36). The number of piperazine rings is 1. The Balaban J connectivity index is 1.16. The molecule has 39 heavy (non-hydrogen) atoms. The Morgan fingerprint density at radius 1 is 0.872 bits per heavy atom. The van der Waals surface area contributed by atoms with Crippen LogP contribution in [0, 0.1) is 0 Å². The van der Waals surface area contributed by atoms with Crippen LogP contribution in [0.2, 0.25) is 5.02 Å². The molecule has 1 fully saturated rings. The number of thioether (sulfide) groups is 2. The molecule has 6 nitrogen and oxygen atoms in total. The lowest BCUT2D eigenvalue weighted by Gasteiger charge is -2.39. The van der Waals surface area contributed by atoms with Gasteiger partial charge in [0.25, 0.3) is 5.56 Å². The first-order valence-electron chi connectivity index (χ1n) is 12.8. The number of hydrogen-bond acceptors (Lipinski definition) is 6. The van der Waals surface area contributed by atoms with Gasteiger partial charge in [-0.15, -0.1) is 11.8 Å². The predicted octanol–water partition coefficient (Wildman–Crippen LogP) is 5.74. The zero-order chi connectivity index (χ0) is 27.0. The van der Waals surface area contributed by atoms with Gasteiger partial charge in [-0.3, -0.25) is 14.5 Å². The molecule has 1 N–H and O–H groups in total. The van der Waals surface area contributed by atoms with Gasteiger partial charge in [-0.2, -0.15) is 0 Å². The summed E-state index contributed by atoms with van der Waals surface area (Å²) >= 11 is 8.82. The van der Waals surface area contributed by atoms with E-state index in [0.29, 0.717) is 34.7 Å². The summed E-state index contributed by atoms with van der Waals surface area (Å²) in [5, 5.41) is 1.15. The van der Waals surface area contributed by atoms with Crippen molar-refractivity contribution in [2.45, 2.75) is 21.8 Å². The minimum absolute atomic E-state index is 0.0548. The molecule has 9 heteroatoms. The van der Waals surface area contributed by atoms with Crippen molar-refractivity contribution >= 4 is 41.0 Å². The average Bonchev–Trinajstić information content (AvgIpc) is 2.97. The fraction of sp³-hybridized carbons (Fsp3) is 0.233. The number of benzene rings is 3. The van der Waals surface area contributed by atoms with Crippen LogP contribution in [-0.4, -0.2) is 57.6 Å². The average molecular weight is 577 g/mol. The number of rotatable bonds is 9. The number of carbonyl (C=O) groups is 1.